The van der Waals surface area contributed by atoms with Gasteiger partial charge in [-0.05, 0) is 44.5 Å². The minimum absolute atomic E-state index is 0. The molecular formula is C17H25ClFN3O2. The molecule has 2 saturated heterocycles. The number of anilines is 2. The summed E-state index contributed by atoms with van der Waals surface area (Å²) in [6.45, 7) is 5.70. The second kappa shape index (κ2) is 8.65. The summed E-state index contributed by atoms with van der Waals surface area (Å²) >= 11 is 0. The zero-order chi connectivity index (χ0) is 16.2. The van der Waals surface area contributed by atoms with E-state index in [9.17, 15) is 9.18 Å². The average Bonchev–Trinajstić information content (AvgIpc) is 2.55. The van der Waals surface area contributed by atoms with Crippen molar-refractivity contribution in [2.45, 2.75) is 25.8 Å². The quantitative estimate of drug-likeness (QED) is 0.872. The van der Waals surface area contributed by atoms with Crippen molar-refractivity contribution >= 4 is 29.7 Å². The number of halogens is 2. The molecule has 3 rings (SSSR count). The second-order valence-corrected chi connectivity index (χ2v) is 6.36. The number of nitrogens with one attached hydrogen (secondary N) is 2. The minimum atomic E-state index is -0.331. The number of amides is 1. The fourth-order valence-electron chi connectivity index (χ4n) is 3.26. The number of hydrogen-bond donors (Lipinski definition) is 2. The van der Waals surface area contributed by atoms with Gasteiger partial charge in [-0.2, -0.15) is 0 Å². The Morgan fingerprint density at radius 3 is 2.79 bits per heavy atom. The minimum Gasteiger partial charge on any atom is -0.378 e. The lowest BCUT2D eigenvalue weighted by Crippen LogP contribution is -2.40. The number of carbonyl (C=O) groups is 1. The number of rotatable bonds is 3. The zero-order valence-corrected chi connectivity index (χ0v) is 14.7. The van der Waals surface area contributed by atoms with E-state index in [1.807, 2.05) is 6.07 Å². The molecule has 7 heteroatoms. The molecule has 1 aromatic rings. The largest absolute Gasteiger partial charge is 0.378 e. The molecule has 0 aliphatic carbocycles. The molecule has 24 heavy (non-hydrogen) atoms. The van der Waals surface area contributed by atoms with Crippen molar-refractivity contribution in [2.24, 2.45) is 5.92 Å². The predicted molar refractivity (Wildman–Crippen MR) is 95.5 cm³/mol. The Balaban J connectivity index is 0.00000208. The Morgan fingerprint density at radius 1 is 1.33 bits per heavy atom. The average molecular weight is 358 g/mol. The van der Waals surface area contributed by atoms with Gasteiger partial charge in [0.1, 0.15) is 5.82 Å². The molecule has 134 valence electrons. The van der Waals surface area contributed by atoms with Crippen LogP contribution in [-0.4, -0.2) is 44.8 Å². The van der Waals surface area contributed by atoms with Crippen LogP contribution in [-0.2, 0) is 9.53 Å². The van der Waals surface area contributed by atoms with Crippen LogP contribution in [0.25, 0.3) is 0 Å². The topological polar surface area (TPSA) is 53.6 Å². The monoisotopic (exact) mass is 357 g/mol. The van der Waals surface area contributed by atoms with Crippen molar-refractivity contribution in [3.05, 3.63) is 24.0 Å². The van der Waals surface area contributed by atoms with E-state index < -0.39 is 0 Å². The van der Waals surface area contributed by atoms with Gasteiger partial charge >= 0.3 is 0 Å². The standard InChI is InChI=1S/C17H24FN3O2.ClH/c1-12-8-13(2-3-19-12)17(22)20-15-9-14(18)10-16(11-15)21-4-6-23-7-5-21;/h9-13,19H,2-8H2,1H3,(H,20,22);1H/t12-,13-;/m0./s1. The first-order valence-corrected chi connectivity index (χ1v) is 8.29. The lowest BCUT2D eigenvalue weighted by molar-refractivity contribution is -0.120. The van der Waals surface area contributed by atoms with E-state index in [1.165, 1.54) is 12.1 Å². The summed E-state index contributed by atoms with van der Waals surface area (Å²) < 4.78 is 19.2. The third-order valence-electron chi connectivity index (χ3n) is 4.52. The molecule has 5 nitrogen and oxygen atoms in total. The van der Waals surface area contributed by atoms with Gasteiger partial charge in [-0.3, -0.25) is 4.79 Å². The van der Waals surface area contributed by atoms with Gasteiger partial charge in [0.25, 0.3) is 0 Å². The third kappa shape index (κ3) is 4.82. The Labute approximate surface area is 148 Å². The maximum atomic E-state index is 13.9. The van der Waals surface area contributed by atoms with Crippen molar-refractivity contribution in [3.63, 3.8) is 0 Å². The van der Waals surface area contributed by atoms with Crippen molar-refractivity contribution in [3.8, 4) is 0 Å². The summed E-state index contributed by atoms with van der Waals surface area (Å²) in [4.78, 5) is 14.5. The first-order valence-electron chi connectivity index (χ1n) is 8.29. The van der Waals surface area contributed by atoms with Gasteiger partial charge in [0.05, 0.1) is 13.2 Å². The molecule has 0 saturated carbocycles. The van der Waals surface area contributed by atoms with Crippen molar-refractivity contribution in [2.75, 3.05) is 43.1 Å². The van der Waals surface area contributed by atoms with E-state index >= 15 is 0 Å². The van der Waals surface area contributed by atoms with E-state index in [0.29, 0.717) is 24.9 Å². The molecule has 0 aromatic heterocycles. The van der Waals surface area contributed by atoms with E-state index in [2.05, 4.69) is 22.5 Å². The smallest absolute Gasteiger partial charge is 0.227 e. The van der Waals surface area contributed by atoms with Gasteiger partial charge < -0.3 is 20.3 Å². The number of hydrogen-bond acceptors (Lipinski definition) is 4. The van der Waals surface area contributed by atoms with Gasteiger partial charge in [0.2, 0.25) is 5.91 Å². The van der Waals surface area contributed by atoms with Gasteiger partial charge in [-0.25, -0.2) is 4.39 Å². The summed E-state index contributed by atoms with van der Waals surface area (Å²) in [5.74, 6) is -0.360. The molecule has 0 bridgehead atoms. The van der Waals surface area contributed by atoms with E-state index in [4.69, 9.17) is 4.74 Å². The maximum Gasteiger partial charge on any atom is 0.227 e. The van der Waals surface area contributed by atoms with Crippen molar-refractivity contribution in [1.29, 1.82) is 0 Å². The molecule has 0 unspecified atom stereocenters. The van der Waals surface area contributed by atoms with Crippen molar-refractivity contribution < 1.29 is 13.9 Å². The van der Waals surface area contributed by atoms with Gasteiger partial charge in [-0.15, -0.1) is 12.4 Å². The molecule has 2 heterocycles. The molecule has 1 amide bonds. The summed E-state index contributed by atoms with van der Waals surface area (Å²) in [6.07, 6.45) is 1.64. The van der Waals surface area contributed by atoms with Crippen LogP contribution in [0.2, 0.25) is 0 Å². The van der Waals surface area contributed by atoms with E-state index in [1.54, 1.807) is 0 Å². The van der Waals surface area contributed by atoms with Gasteiger partial charge in [0, 0.05) is 36.4 Å². The van der Waals surface area contributed by atoms with Crippen LogP contribution in [0.3, 0.4) is 0 Å². The molecule has 2 atom stereocenters. The number of nitrogens with zero attached hydrogens (tertiary/aromatic N) is 1. The fraction of sp³-hybridized carbons (Fsp3) is 0.588. The van der Waals surface area contributed by atoms with Crippen LogP contribution in [0.1, 0.15) is 19.8 Å². The lowest BCUT2D eigenvalue weighted by atomic mass is 9.92. The van der Waals surface area contributed by atoms with Crippen LogP contribution < -0.4 is 15.5 Å². The number of morpholine rings is 1. The molecular weight excluding hydrogens is 333 g/mol. The normalized spacial score (nSPS) is 24.2. The first-order chi connectivity index (χ1) is 11.1. The van der Waals surface area contributed by atoms with Crippen LogP contribution >= 0.6 is 12.4 Å². The van der Waals surface area contributed by atoms with Gasteiger partial charge in [0.15, 0.2) is 0 Å². The Kier molecular flexibility index (Phi) is 6.83. The summed E-state index contributed by atoms with van der Waals surface area (Å²) in [7, 11) is 0. The van der Waals surface area contributed by atoms with Crippen LogP contribution in [0.15, 0.2) is 18.2 Å². The Hall–Kier alpha value is -1.37. The lowest BCUT2D eigenvalue weighted by Gasteiger charge is -2.29. The summed E-state index contributed by atoms with van der Waals surface area (Å²) in [5, 5.41) is 6.22. The van der Waals surface area contributed by atoms with Crippen LogP contribution in [0, 0.1) is 11.7 Å². The third-order valence-corrected chi connectivity index (χ3v) is 4.52. The first kappa shape index (κ1) is 19.0. The van der Waals surface area contributed by atoms with Crippen LogP contribution in [0.4, 0.5) is 15.8 Å². The Morgan fingerprint density at radius 2 is 2.08 bits per heavy atom. The number of piperidine rings is 1. The van der Waals surface area contributed by atoms with E-state index in [0.717, 1.165) is 38.2 Å². The zero-order valence-electron chi connectivity index (χ0n) is 13.9. The predicted octanol–water partition coefficient (Wildman–Crippen LogP) is 2.41. The molecule has 1 aromatic carbocycles. The molecule has 0 radical (unpaired) electrons. The second-order valence-electron chi connectivity index (χ2n) is 6.36. The van der Waals surface area contributed by atoms with Crippen LogP contribution in [0.5, 0.6) is 0 Å². The molecule has 0 spiro atoms. The molecule has 2 fully saturated rings. The number of benzene rings is 1. The summed E-state index contributed by atoms with van der Waals surface area (Å²) in [6, 6.07) is 5.08. The molecule has 2 N–H and O–H groups in total. The van der Waals surface area contributed by atoms with Crippen molar-refractivity contribution in [1.82, 2.24) is 5.32 Å². The highest BCUT2D eigenvalue weighted by Crippen LogP contribution is 2.24. The summed E-state index contributed by atoms with van der Waals surface area (Å²) in [5.41, 5.74) is 1.32. The fourth-order valence-corrected chi connectivity index (χ4v) is 3.26. The highest BCUT2D eigenvalue weighted by Gasteiger charge is 2.25. The molecule has 2 aliphatic heterocycles. The van der Waals surface area contributed by atoms with Gasteiger partial charge in [-0.1, -0.05) is 0 Å². The van der Waals surface area contributed by atoms with E-state index in [-0.39, 0.29) is 30.0 Å². The number of carbonyl (C=O) groups excluding carboxylic acids is 1. The molecule has 2 aliphatic rings. The SMILES string of the molecule is C[C@H]1C[C@@H](C(=O)Nc2cc(F)cc(N3CCOCC3)c2)CCN1.Cl. The maximum absolute atomic E-state index is 13.9. The highest BCUT2D eigenvalue weighted by molar-refractivity contribution is 5.93. The number of ether oxygens (including phenoxy) is 1. The Bertz CT molecular complexity index is 567. The highest BCUT2D eigenvalue weighted by atomic mass is 35.5.